The summed E-state index contributed by atoms with van der Waals surface area (Å²) in [7, 11) is 0. The van der Waals surface area contributed by atoms with Gasteiger partial charge in [-0.05, 0) is 30.4 Å². The second-order valence-corrected chi connectivity index (χ2v) is 8.18. The van der Waals surface area contributed by atoms with Crippen molar-refractivity contribution in [3.05, 3.63) is 34.8 Å². The summed E-state index contributed by atoms with van der Waals surface area (Å²) in [5.74, 6) is 0.232. The van der Waals surface area contributed by atoms with Crippen molar-refractivity contribution in [2.24, 2.45) is 17.3 Å². The van der Waals surface area contributed by atoms with E-state index in [1.165, 1.54) is 0 Å². The van der Waals surface area contributed by atoms with Gasteiger partial charge in [-0.15, -0.1) is 0 Å². The molecule has 4 rings (SSSR count). The molecule has 0 aromatic carbocycles. The Bertz CT molecular complexity index is 786. The van der Waals surface area contributed by atoms with E-state index in [0.717, 1.165) is 5.56 Å². The third-order valence-corrected chi connectivity index (χ3v) is 6.02. The number of aryl methyl sites for hydroxylation is 1. The maximum atomic E-state index is 13.0. The Kier molecular flexibility index (Phi) is 3.52. The Labute approximate surface area is 147 Å². The van der Waals surface area contributed by atoms with Crippen LogP contribution in [0.5, 0.6) is 0 Å². The van der Waals surface area contributed by atoms with Crippen LogP contribution in [-0.2, 0) is 14.3 Å². The largest absolute Gasteiger partial charge is 0.460 e. The van der Waals surface area contributed by atoms with Gasteiger partial charge in [-0.1, -0.05) is 27.7 Å². The number of epoxide rings is 1. The number of furan rings is 1. The van der Waals surface area contributed by atoms with E-state index in [1.54, 1.807) is 6.26 Å². The highest BCUT2D eigenvalue weighted by atomic mass is 16.6. The number of carbonyl (C=O) groups is 2. The standard InChI is InChI=1S/C20H24O5/c1-9(2)6-14(21)25-19-15-10(3)8-23-18(15)16(22)12-7-13-17(24-13)11(4)20(12,19)5/h7-9,11,13,17,19H,6H2,1-5H3. The predicted octanol–water partition coefficient (Wildman–Crippen LogP) is 3.76. The first-order valence-corrected chi connectivity index (χ1v) is 8.95. The van der Waals surface area contributed by atoms with Crippen molar-refractivity contribution in [1.29, 1.82) is 0 Å². The van der Waals surface area contributed by atoms with Crippen LogP contribution in [0.1, 0.15) is 61.9 Å². The summed E-state index contributed by atoms with van der Waals surface area (Å²) in [6.45, 7) is 9.95. The van der Waals surface area contributed by atoms with Gasteiger partial charge >= 0.3 is 5.97 Å². The number of Topliss-reactive ketones (excluding diaryl/α,β-unsaturated/α-hetero) is 1. The normalized spacial score (nSPS) is 35.6. The van der Waals surface area contributed by atoms with Crippen molar-refractivity contribution >= 4 is 11.8 Å². The topological polar surface area (TPSA) is 69.0 Å². The van der Waals surface area contributed by atoms with E-state index in [9.17, 15) is 9.59 Å². The van der Waals surface area contributed by atoms with Crippen LogP contribution in [0, 0.1) is 24.2 Å². The Morgan fingerprint density at radius 3 is 2.80 bits per heavy atom. The molecular formula is C20H24O5. The van der Waals surface area contributed by atoms with Crippen molar-refractivity contribution < 1.29 is 23.5 Å². The summed E-state index contributed by atoms with van der Waals surface area (Å²) >= 11 is 0. The average Bonchev–Trinajstić information content (AvgIpc) is 3.21. The zero-order chi connectivity index (χ0) is 18.1. The minimum Gasteiger partial charge on any atom is -0.460 e. The molecule has 0 radical (unpaired) electrons. The lowest BCUT2D eigenvalue weighted by molar-refractivity contribution is -0.159. The zero-order valence-corrected chi connectivity index (χ0v) is 15.3. The number of rotatable bonds is 3. The van der Waals surface area contributed by atoms with Crippen molar-refractivity contribution in [1.82, 2.24) is 0 Å². The Balaban J connectivity index is 1.83. The first-order chi connectivity index (χ1) is 11.7. The van der Waals surface area contributed by atoms with Crippen LogP contribution >= 0.6 is 0 Å². The first kappa shape index (κ1) is 16.6. The number of hydrogen-bond donors (Lipinski definition) is 0. The highest BCUT2D eigenvalue weighted by Gasteiger charge is 2.63. The van der Waals surface area contributed by atoms with Gasteiger partial charge in [0, 0.05) is 23.0 Å². The second-order valence-electron chi connectivity index (χ2n) is 8.18. The highest BCUT2D eigenvalue weighted by Crippen LogP contribution is 2.61. The van der Waals surface area contributed by atoms with E-state index in [4.69, 9.17) is 13.9 Å². The molecule has 3 aliphatic rings. The van der Waals surface area contributed by atoms with Gasteiger partial charge in [0.05, 0.1) is 12.4 Å². The van der Waals surface area contributed by atoms with Gasteiger partial charge in [0.25, 0.3) is 0 Å². The summed E-state index contributed by atoms with van der Waals surface area (Å²) in [5, 5.41) is 0. The van der Waals surface area contributed by atoms with Crippen LogP contribution in [0.3, 0.4) is 0 Å². The Hall–Kier alpha value is -1.88. The number of ketones is 1. The van der Waals surface area contributed by atoms with Gasteiger partial charge in [0.1, 0.15) is 12.2 Å². The van der Waals surface area contributed by atoms with E-state index < -0.39 is 11.5 Å². The minimum atomic E-state index is -0.608. The maximum absolute atomic E-state index is 13.0. The minimum absolute atomic E-state index is 0.00773. The van der Waals surface area contributed by atoms with Crippen LogP contribution in [0.2, 0.25) is 0 Å². The smallest absolute Gasteiger partial charge is 0.306 e. The van der Waals surface area contributed by atoms with E-state index >= 15 is 0 Å². The van der Waals surface area contributed by atoms with Gasteiger partial charge in [0.15, 0.2) is 5.76 Å². The van der Waals surface area contributed by atoms with Crippen molar-refractivity contribution in [3.63, 3.8) is 0 Å². The van der Waals surface area contributed by atoms with Gasteiger partial charge in [-0.2, -0.15) is 0 Å². The molecule has 1 aromatic heterocycles. The molecule has 2 aliphatic carbocycles. The summed E-state index contributed by atoms with van der Waals surface area (Å²) in [4.78, 5) is 25.5. The number of fused-ring (bicyclic) bond motifs is 3. The zero-order valence-electron chi connectivity index (χ0n) is 15.3. The summed E-state index contributed by atoms with van der Waals surface area (Å²) in [6.07, 6.45) is 3.37. The third-order valence-electron chi connectivity index (χ3n) is 6.02. The van der Waals surface area contributed by atoms with Crippen LogP contribution in [0.4, 0.5) is 0 Å². The molecule has 5 atom stereocenters. The second kappa shape index (κ2) is 5.31. The monoisotopic (exact) mass is 344 g/mol. The van der Waals surface area contributed by atoms with Gasteiger partial charge < -0.3 is 13.9 Å². The van der Waals surface area contributed by atoms with Crippen molar-refractivity contribution in [2.45, 2.75) is 59.4 Å². The molecule has 5 nitrogen and oxygen atoms in total. The molecule has 2 heterocycles. The lowest BCUT2D eigenvalue weighted by atomic mass is 9.58. The molecule has 1 fully saturated rings. The fourth-order valence-corrected chi connectivity index (χ4v) is 4.37. The van der Waals surface area contributed by atoms with Crippen molar-refractivity contribution in [2.75, 3.05) is 0 Å². The van der Waals surface area contributed by atoms with Crippen LogP contribution < -0.4 is 0 Å². The van der Waals surface area contributed by atoms with Crippen LogP contribution in [0.15, 0.2) is 22.3 Å². The van der Waals surface area contributed by atoms with Gasteiger partial charge in [-0.3, -0.25) is 9.59 Å². The summed E-state index contributed by atoms with van der Waals surface area (Å²) in [6, 6.07) is 0. The molecule has 134 valence electrons. The molecule has 25 heavy (non-hydrogen) atoms. The van der Waals surface area contributed by atoms with Gasteiger partial charge in [0.2, 0.25) is 5.78 Å². The number of hydrogen-bond acceptors (Lipinski definition) is 5. The molecule has 0 N–H and O–H groups in total. The lowest BCUT2D eigenvalue weighted by Crippen LogP contribution is -2.47. The predicted molar refractivity (Wildman–Crippen MR) is 90.1 cm³/mol. The highest BCUT2D eigenvalue weighted by molar-refractivity contribution is 6.10. The van der Waals surface area contributed by atoms with Crippen molar-refractivity contribution in [3.8, 4) is 0 Å². The Morgan fingerprint density at radius 1 is 1.40 bits per heavy atom. The molecule has 1 aliphatic heterocycles. The number of esters is 1. The number of ether oxygens (including phenoxy) is 2. The lowest BCUT2D eigenvalue weighted by Gasteiger charge is -2.46. The summed E-state index contributed by atoms with van der Waals surface area (Å²) < 4.78 is 17.2. The maximum Gasteiger partial charge on any atom is 0.306 e. The van der Waals surface area contributed by atoms with E-state index in [2.05, 4.69) is 6.92 Å². The van der Waals surface area contributed by atoms with E-state index in [1.807, 2.05) is 33.8 Å². The van der Waals surface area contributed by atoms with Gasteiger partial charge in [-0.25, -0.2) is 0 Å². The SMILES string of the molecule is Cc1coc2c1C(OC(=O)CC(C)C)C1(C)C(=CC3OC3C1C)C2=O. The molecule has 0 saturated carbocycles. The van der Waals surface area contributed by atoms with E-state index in [0.29, 0.717) is 23.3 Å². The number of carbonyl (C=O) groups excluding carboxylic acids is 2. The molecule has 5 unspecified atom stereocenters. The fraction of sp³-hybridized carbons (Fsp3) is 0.600. The quantitative estimate of drug-likeness (QED) is 0.617. The van der Waals surface area contributed by atoms with E-state index in [-0.39, 0.29) is 35.8 Å². The summed E-state index contributed by atoms with van der Waals surface area (Å²) in [5.41, 5.74) is 1.61. The molecule has 5 heteroatoms. The molecule has 1 aromatic rings. The molecule has 0 spiro atoms. The average molecular weight is 344 g/mol. The molecule has 1 saturated heterocycles. The molecule has 0 bridgehead atoms. The third kappa shape index (κ3) is 2.25. The fourth-order valence-electron chi connectivity index (χ4n) is 4.37. The molecule has 0 amide bonds. The molecular weight excluding hydrogens is 320 g/mol. The van der Waals surface area contributed by atoms with Crippen LogP contribution in [-0.4, -0.2) is 24.0 Å². The Morgan fingerprint density at radius 2 is 2.12 bits per heavy atom. The first-order valence-electron chi connectivity index (χ1n) is 8.95. The van der Waals surface area contributed by atoms with Crippen LogP contribution in [0.25, 0.3) is 0 Å².